The van der Waals surface area contributed by atoms with E-state index in [9.17, 15) is 4.79 Å². The fraction of sp³-hybridized carbons (Fsp3) is 0.875. The van der Waals surface area contributed by atoms with Crippen molar-refractivity contribution in [2.75, 3.05) is 26.4 Å². The number of aldehydes is 1. The van der Waals surface area contributed by atoms with Crippen LogP contribution in [0.5, 0.6) is 0 Å². The lowest BCUT2D eigenvalue weighted by Crippen LogP contribution is -2.05. The SMILES string of the molecule is CCCOCCOCCC=O. The normalized spacial score (nSPS) is 9.91. The molecule has 66 valence electrons. The smallest absolute Gasteiger partial charge is 0.122 e. The van der Waals surface area contributed by atoms with Gasteiger partial charge in [0.25, 0.3) is 0 Å². The second kappa shape index (κ2) is 9.59. The van der Waals surface area contributed by atoms with Gasteiger partial charge in [-0.05, 0) is 6.42 Å². The van der Waals surface area contributed by atoms with Crippen molar-refractivity contribution in [3.63, 3.8) is 0 Å². The minimum atomic E-state index is 0.480. The lowest BCUT2D eigenvalue weighted by atomic mass is 10.5. The van der Waals surface area contributed by atoms with Crippen LogP contribution in [0.4, 0.5) is 0 Å². The van der Waals surface area contributed by atoms with Crippen LogP contribution in [0.1, 0.15) is 19.8 Å². The van der Waals surface area contributed by atoms with Crippen LogP contribution in [-0.4, -0.2) is 32.7 Å². The average molecular weight is 160 g/mol. The van der Waals surface area contributed by atoms with Crippen molar-refractivity contribution in [2.45, 2.75) is 19.8 Å². The molecule has 0 aliphatic heterocycles. The Morgan fingerprint density at radius 3 is 2.27 bits per heavy atom. The van der Waals surface area contributed by atoms with E-state index >= 15 is 0 Å². The Morgan fingerprint density at radius 2 is 1.73 bits per heavy atom. The van der Waals surface area contributed by atoms with Gasteiger partial charge in [-0.2, -0.15) is 0 Å². The zero-order chi connectivity index (χ0) is 8.36. The van der Waals surface area contributed by atoms with Crippen molar-refractivity contribution in [3.05, 3.63) is 0 Å². The van der Waals surface area contributed by atoms with E-state index in [0.717, 1.165) is 19.3 Å². The predicted molar refractivity (Wildman–Crippen MR) is 42.6 cm³/mol. The summed E-state index contributed by atoms with van der Waals surface area (Å²) in [5.41, 5.74) is 0. The molecule has 0 saturated heterocycles. The number of hydrogen-bond donors (Lipinski definition) is 0. The van der Waals surface area contributed by atoms with Gasteiger partial charge < -0.3 is 14.3 Å². The van der Waals surface area contributed by atoms with Crippen molar-refractivity contribution < 1.29 is 14.3 Å². The number of ether oxygens (including phenoxy) is 2. The average Bonchev–Trinajstić information content (AvgIpc) is 2.03. The summed E-state index contributed by atoms with van der Waals surface area (Å²) in [5.74, 6) is 0. The topological polar surface area (TPSA) is 35.5 Å². The first kappa shape index (κ1) is 10.6. The van der Waals surface area contributed by atoms with Crippen molar-refractivity contribution in [1.29, 1.82) is 0 Å². The Morgan fingerprint density at radius 1 is 1.09 bits per heavy atom. The van der Waals surface area contributed by atoms with Crippen LogP contribution in [0.25, 0.3) is 0 Å². The molecule has 0 fully saturated rings. The molecule has 0 aliphatic carbocycles. The van der Waals surface area contributed by atoms with Crippen LogP contribution in [0.2, 0.25) is 0 Å². The van der Waals surface area contributed by atoms with Crippen molar-refractivity contribution in [2.24, 2.45) is 0 Å². The quantitative estimate of drug-likeness (QED) is 0.393. The Balaban J connectivity index is 2.74. The molecule has 3 heteroatoms. The first-order valence-electron chi connectivity index (χ1n) is 4.01. The minimum Gasteiger partial charge on any atom is -0.379 e. The zero-order valence-electron chi connectivity index (χ0n) is 7.04. The third-order valence-corrected chi connectivity index (χ3v) is 1.10. The van der Waals surface area contributed by atoms with Gasteiger partial charge in [-0.1, -0.05) is 6.92 Å². The highest BCUT2D eigenvalue weighted by Gasteiger charge is 1.87. The van der Waals surface area contributed by atoms with E-state index < -0.39 is 0 Å². The Kier molecular flexibility index (Phi) is 9.23. The second-order valence-corrected chi connectivity index (χ2v) is 2.18. The summed E-state index contributed by atoms with van der Waals surface area (Å²) in [5, 5.41) is 0. The molecular formula is C8H16O3. The Labute approximate surface area is 67.7 Å². The number of carbonyl (C=O) groups is 1. The van der Waals surface area contributed by atoms with Crippen LogP contribution in [0, 0.1) is 0 Å². The van der Waals surface area contributed by atoms with Crippen molar-refractivity contribution in [3.8, 4) is 0 Å². The van der Waals surface area contributed by atoms with Crippen molar-refractivity contribution >= 4 is 6.29 Å². The molecule has 0 atom stereocenters. The maximum absolute atomic E-state index is 9.83. The van der Waals surface area contributed by atoms with E-state index in [4.69, 9.17) is 9.47 Å². The molecule has 0 rings (SSSR count). The molecule has 0 saturated carbocycles. The van der Waals surface area contributed by atoms with E-state index in [0.29, 0.717) is 26.2 Å². The van der Waals surface area contributed by atoms with Gasteiger partial charge in [-0.25, -0.2) is 0 Å². The molecule has 0 N–H and O–H groups in total. The van der Waals surface area contributed by atoms with Gasteiger partial charge in [-0.3, -0.25) is 0 Å². The highest BCUT2D eigenvalue weighted by Crippen LogP contribution is 1.82. The number of rotatable bonds is 8. The van der Waals surface area contributed by atoms with Gasteiger partial charge in [0.15, 0.2) is 0 Å². The fourth-order valence-corrected chi connectivity index (χ4v) is 0.598. The molecule has 0 aliphatic rings. The predicted octanol–water partition coefficient (Wildman–Crippen LogP) is 1.02. The highest BCUT2D eigenvalue weighted by atomic mass is 16.5. The van der Waals surface area contributed by atoms with Crippen LogP contribution in [0.3, 0.4) is 0 Å². The van der Waals surface area contributed by atoms with Gasteiger partial charge in [0.05, 0.1) is 19.8 Å². The van der Waals surface area contributed by atoms with E-state index in [1.807, 2.05) is 0 Å². The summed E-state index contributed by atoms with van der Waals surface area (Å²) in [6, 6.07) is 0. The van der Waals surface area contributed by atoms with Gasteiger partial charge in [0, 0.05) is 13.0 Å². The van der Waals surface area contributed by atoms with E-state index in [1.54, 1.807) is 0 Å². The summed E-state index contributed by atoms with van der Waals surface area (Å²) < 4.78 is 10.2. The number of hydrogen-bond acceptors (Lipinski definition) is 3. The summed E-state index contributed by atoms with van der Waals surface area (Å²) in [4.78, 5) is 9.83. The summed E-state index contributed by atoms with van der Waals surface area (Å²) >= 11 is 0. The molecular weight excluding hydrogens is 144 g/mol. The van der Waals surface area contributed by atoms with E-state index in [2.05, 4.69) is 6.92 Å². The monoisotopic (exact) mass is 160 g/mol. The Hall–Kier alpha value is -0.410. The van der Waals surface area contributed by atoms with Gasteiger partial charge in [-0.15, -0.1) is 0 Å². The maximum Gasteiger partial charge on any atom is 0.122 e. The van der Waals surface area contributed by atoms with Crippen LogP contribution < -0.4 is 0 Å². The van der Waals surface area contributed by atoms with E-state index in [1.165, 1.54) is 0 Å². The third-order valence-electron chi connectivity index (χ3n) is 1.10. The molecule has 0 aromatic heterocycles. The lowest BCUT2D eigenvalue weighted by molar-refractivity contribution is -0.108. The largest absolute Gasteiger partial charge is 0.379 e. The highest BCUT2D eigenvalue weighted by molar-refractivity contribution is 5.49. The van der Waals surface area contributed by atoms with Gasteiger partial charge in [0.1, 0.15) is 6.29 Å². The van der Waals surface area contributed by atoms with Crippen LogP contribution in [0.15, 0.2) is 0 Å². The first-order valence-corrected chi connectivity index (χ1v) is 4.01. The van der Waals surface area contributed by atoms with Gasteiger partial charge in [0.2, 0.25) is 0 Å². The molecule has 0 aromatic carbocycles. The molecule has 0 heterocycles. The zero-order valence-corrected chi connectivity index (χ0v) is 7.04. The molecule has 0 radical (unpaired) electrons. The summed E-state index contributed by atoms with van der Waals surface area (Å²) in [7, 11) is 0. The number of carbonyl (C=O) groups excluding carboxylic acids is 1. The molecule has 0 amide bonds. The molecule has 0 aromatic rings. The minimum absolute atomic E-state index is 0.480. The van der Waals surface area contributed by atoms with Crippen LogP contribution in [-0.2, 0) is 14.3 Å². The lowest BCUT2D eigenvalue weighted by Gasteiger charge is -2.02. The van der Waals surface area contributed by atoms with Gasteiger partial charge >= 0.3 is 0 Å². The van der Waals surface area contributed by atoms with E-state index in [-0.39, 0.29) is 0 Å². The third kappa shape index (κ3) is 9.59. The maximum atomic E-state index is 9.83. The molecule has 0 bridgehead atoms. The second-order valence-electron chi connectivity index (χ2n) is 2.18. The molecule has 0 spiro atoms. The molecule has 11 heavy (non-hydrogen) atoms. The first-order chi connectivity index (χ1) is 5.41. The van der Waals surface area contributed by atoms with Crippen molar-refractivity contribution in [1.82, 2.24) is 0 Å². The fourth-order valence-electron chi connectivity index (χ4n) is 0.598. The van der Waals surface area contributed by atoms with Crippen LogP contribution >= 0.6 is 0 Å². The standard InChI is InChI=1S/C8H16O3/c1-2-5-10-7-8-11-6-3-4-9/h4H,2-3,5-8H2,1H3. The summed E-state index contributed by atoms with van der Waals surface area (Å²) in [6.07, 6.45) is 2.37. The summed E-state index contributed by atoms with van der Waals surface area (Å²) in [6.45, 7) is 4.59. The molecule has 3 nitrogen and oxygen atoms in total. The molecule has 0 unspecified atom stereocenters. The Bertz CT molecular complexity index is 83.4.